The molecule has 2 rings (SSSR count). The molecular weight excluding hydrogens is 342 g/mol. The topological polar surface area (TPSA) is 12.0 Å². The first-order chi connectivity index (χ1) is 9.82. The highest BCUT2D eigenvalue weighted by Gasteiger charge is 2.19. The smallest absolute Gasteiger partial charge is 0.0704 e. The molecule has 1 aromatic heterocycles. The van der Waals surface area contributed by atoms with Crippen molar-refractivity contribution in [1.82, 2.24) is 5.32 Å². The predicted octanol–water partition coefficient (Wildman–Crippen LogP) is 5.82. The summed E-state index contributed by atoms with van der Waals surface area (Å²) in [6, 6.07) is 11.6. The SMILES string of the molecule is CCNC(c1ccc(C(C)(C)C)cc1)c1cc(Br)sc1C. The Morgan fingerprint density at radius 3 is 2.24 bits per heavy atom. The van der Waals surface area contributed by atoms with Gasteiger partial charge in [0.25, 0.3) is 0 Å². The number of nitrogens with one attached hydrogen (secondary N) is 1. The van der Waals surface area contributed by atoms with Crippen molar-refractivity contribution in [2.75, 3.05) is 6.54 Å². The highest BCUT2D eigenvalue weighted by Crippen LogP contribution is 2.34. The zero-order valence-electron chi connectivity index (χ0n) is 13.5. The van der Waals surface area contributed by atoms with Crippen LogP contribution in [0.3, 0.4) is 0 Å². The van der Waals surface area contributed by atoms with Crippen LogP contribution in [0.4, 0.5) is 0 Å². The number of benzene rings is 1. The van der Waals surface area contributed by atoms with Gasteiger partial charge in [0.1, 0.15) is 0 Å². The van der Waals surface area contributed by atoms with Gasteiger partial charge in [0.05, 0.1) is 9.83 Å². The van der Waals surface area contributed by atoms with Crippen molar-refractivity contribution in [3.8, 4) is 0 Å². The van der Waals surface area contributed by atoms with Crippen molar-refractivity contribution in [3.05, 3.63) is 55.7 Å². The molecular formula is C18H24BrNS. The van der Waals surface area contributed by atoms with E-state index < -0.39 is 0 Å². The lowest BCUT2D eigenvalue weighted by atomic mass is 9.86. The van der Waals surface area contributed by atoms with Gasteiger partial charge in [-0.15, -0.1) is 11.3 Å². The van der Waals surface area contributed by atoms with E-state index in [1.807, 2.05) is 0 Å². The van der Waals surface area contributed by atoms with Gasteiger partial charge in [0.2, 0.25) is 0 Å². The first kappa shape index (κ1) is 16.7. The minimum absolute atomic E-state index is 0.202. The van der Waals surface area contributed by atoms with Gasteiger partial charge in [-0.05, 0) is 57.6 Å². The van der Waals surface area contributed by atoms with Gasteiger partial charge in [-0.25, -0.2) is 0 Å². The second-order valence-corrected chi connectivity index (χ2v) is 9.06. The van der Waals surface area contributed by atoms with E-state index in [-0.39, 0.29) is 11.5 Å². The van der Waals surface area contributed by atoms with Crippen LogP contribution in [0, 0.1) is 6.92 Å². The normalized spacial score (nSPS) is 13.4. The van der Waals surface area contributed by atoms with E-state index >= 15 is 0 Å². The van der Waals surface area contributed by atoms with Gasteiger partial charge in [0.15, 0.2) is 0 Å². The molecule has 0 fully saturated rings. The third-order valence-electron chi connectivity index (χ3n) is 3.76. The Morgan fingerprint density at radius 2 is 1.81 bits per heavy atom. The maximum Gasteiger partial charge on any atom is 0.0704 e. The van der Waals surface area contributed by atoms with Gasteiger partial charge >= 0.3 is 0 Å². The second kappa shape index (κ2) is 6.64. The monoisotopic (exact) mass is 365 g/mol. The largest absolute Gasteiger partial charge is 0.306 e. The second-order valence-electron chi connectivity index (χ2n) is 6.42. The summed E-state index contributed by atoms with van der Waals surface area (Å²) >= 11 is 5.41. The molecule has 0 radical (unpaired) electrons. The van der Waals surface area contributed by atoms with Gasteiger partial charge in [-0.2, -0.15) is 0 Å². The molecule has 1 unspecified atom stereocenters. The number of hydrogen-bond acceptors (Lipinski definition) is 2. The zero-order chi connectivity index (χ0) is 15.6. The van der Waals surface area contributed by atoms with Crippen molar-refractivity contribution >= 4 is 27.3 Å². The Morgan fingerprint density at radius 1 is 1.19 bits per heavy atom. The summed E-state index contributed by atoms with van der Waals surface area (Å²) in [5, 5.41) is 3.61. The zero-order valence-corrected chi connectivity index (χ0v) is 15.9. The van der Waals surface area contributed by atoms with E-state index in [1.165, 1.54) is 25.4 Å². The maximum absolute atomic E-state index is 3.61. The molecule has 1 heterocycles. The molecule has 0 aliphatic carbocycles. The molecule has 0 aliphatic heterocycles. The number of thiophene rings is 1. The highest BCUT2D eigenvalue weighted by molar-refractivity contribution is 9.11. The maximum atomic E-state index is 3.61. The van der Waals surface area contributed by atoms with Crippen LogP contribution in [0.5, 0.6) is 0 Å². The molecule has 1 nitrogen and oxygen atoms in total. The van der Waals surface area contributed by atoms with Crippen LogP contribution in [0.2, 0.25) is 0 Å². The summed E-state index contributed by atoms with van der Waals surface area (Å²) in [4.78, 5) is 1.37. The molecule has 3 heteroatoms. The fraction of sp³-hybridized carbons (Fsp3) is 0.444. The predicted molar refractivity (Wildman–Crippen MR) is 97.4 cm³/mol. The van der Waals surface area contributed by atoms with Crippen LogP contribution in [-0.2, 0) is 5.41 Å². The third-order valence-corrected chi connectivity index (χ3v) is 5.32. The number of halogens is 1. The lowest BCUT2D eigenvalue weighted by Gasteiger charge is -2.22. The van der Waals surface area contributed by atoms with E-state index in [1.54, 1.807) is 11.3 Å². The van der Waals surface area contributed by atoms with Crippen LogP contribution in [0.25, 0.3) is 0 Å². The summed E-state index contributed by atoms with van der Waals surface area (Å²) < 4.78 is 1.20. The molecule has 1 atom stereocenters. The summed E-state index contributed by atoms with van der Waals surface area (Å²) in [6.07, 6.45) is 0. The molecule has 0 saturated heterocycles. The molecule has 1 aromatic carbocycles. The molecule has 21 heavy (non-hydrogen) atoms. The molecule has 2 aromatic rings. The van der Waals surface area contributed by atoms with E-state index in [4.69, 9.17) is 0 Å². The molecule has 0 saturated carbocycles. The van der Waals surface area contributed by atoms with Crippen LogP contribution in [-0.4, -0.2) is 6.54 Å². The number of rotatable bonds is 4. The number of aryl methyl sites for hydroxylation is 1. The third kappa shape index (κ3) is 3.97. The van der Waals surface area contributed by atoms with Crippen LogP contribution in [0.1, 0.15) is 55.3 Å². The molecule has 0 aliphatic rings. The Bertz CT molecular complexity index is 593. The summed E-state index contributed by atoms with van der Waals surface area (Å²) in [5.41, 5.74) is 4.29. The van der Waals surface area contributed by atoms with Crippen LogP contribution in [0.15, 0.2) is 34.1 Å². The average molecular weight is 366 g/mol. The van der Waals surface area contributed by atoms with Gasteiger partial charge < -0.3 is 5.32 Å². The van der Waals surface area contributed by atoms with E-state index in [0.29, 0.717) is 0 Å². The Kier molecular flexibility index (Phi) is 5.29. The molecule has 0 spiro atoms. The highest BCUT2D eigenvalue weighted by atomic mass is 79.9. The Labute approximate surface area is 140 Å². The minimum Gasteiger partial charge on any atom is -0.306 e. The first-order valence-electron chi connectivity index (χ1n) is 7.42. The lowest BCUT2D eigenvalue weighted by molar-refractivity contribution is 0.587. The van der Waals surface area contributed by atoms with Crippen LogP contribution >= 0.6 is 27.3 Å². The number of hydrogen-bond donors (Lipinski definition) is 1. The van der Waals surface area contributed by atoms with E-state index in [0.717, 1.165) is 6.54 Å². The van der Waals surface area contributed by atoms with E-state index in [2.05, 4.69) is 86.2 Å². The lowest BCUT2D eigenvalue weighted by Crippen LogP contribution is -2.22. The van der Waals surface area contributed by atoms with Gasteiger partial charge in [-0.3, -0.25) is 0 Å². The standard InChI is InChI=1S/C18H24BrNS/c1-6-20-17(15-11-16(19)21-12(15)2)13-7-9-14(10-8-13)18(3,4)5/h7-11,17,20H,6H2,1-5H3. The van der Waals surface area contributed by atoms with E-state index in [9.17, 15) is 0 Å². The molecule has 114 valence electrons. The Hall–Kier alpha value is -0.640. The summed E-state index contributed by atoms with van der Waals surface area (Å²) in [5.74, 6) is 0. The van der Waals surface area contributed by atoms with Crippen molar-refractivity contribution in [2.24, 2.45) is 0 Å². The molecule has 0 amide bonds. The van der Waals surface area contributed by atoms with Crippen molar-refractivity contribution < 1.29 is 0 Å². The van der Waals surface area contributed by atoms with Gasteiger partial charge in [-0.1, -0.05) is 52.0 Å². The Balaban J connectivity index is 2.37. The van der Waals surface area contributed by atoms with Crippen LogP contribution < -0.4 is 5.32 Å². The van der Waals surface area contributed by atoms with Gasteiger partial charge in [0, 0.05) is 4.88 Å². The molecule has 1 N–H and O–H groups in total. The summed E-state index contributed by atoms with van der Waals surface area (Å²) in [6.45, 7) is 12.1. The first-order valence-corrected chi connectivity index (χ1v) is 9.03. The quantitative estimate of drug-likeness (QED) is 0.719. The summed E-state index contributed by atoms with van der Waals surface area (Å²) in [7, 11) is 0. The van der Waals surface area contributed by atoms with Crippen molar-refractivity contribution in [3.63, 3.8) is 0 Å². The fourth-order valence-corrected chi connectivity index (χ4v) is 4.28. The van der Waals surface area contributed by atoms with Crippen molar-refractivity contribution in [2.45, 2.75) is 46.1 Å². The van der Waals surface area contributed by atoms with Crippen molar-refractivity contribution in [1.29, 1.82) is 0 Å². The average Bonchev–Trinajstić information content (AvgIpc) is 2.74. The minimum atomic E-state index is 0.202. The molecule has 0 bridgehead atoms. The fourth-order valence-electron chi connectivity index (χ4n) is 2.53.